The van der Waals surface area contributed by atoms with Crippen LogP contribution in [0.3, 0.4) is 0 Å². The first-order valence-corrected chi connectivity index (χ1v) is 7.50. The summed E-state index contributed by atoms with van der Waals surface area (Å²) < 4.78 is 6.42. The minimum Gasteiger partial charge on any atom is -0.328 e. The van der Waals surface area contributed by atoms with Crippen LogP contribution in [0.1, 0.15) is 24.9 Å². The van der Waals surface area contributed by atoms with Gasteiger partial charge in [0.2, 0.25) is 0 Å². The van der Waals surface area contributed by atoms with Crippen molar-refractivity contribution >= 4 is 23.4 Å². The van der Waals surface area contributed by atoms with Crippen LogP contribution in [0.4, 0.5) is 0 Å². The number of nitrogens with zero attached hydrogens (tertiary/aromatic N) is 6. The van der Waals surface area contributed by atoms with Crippen molar-refractivity contribution in [3.05, 3.63) is 22.6 Å². The number of fused-ring (bicyclic) bond motifs is 1. The number of aromatic amines is 1. The van der Waals surface area contributed by atoms with Crippen LogP contribution < -0.4 is 0 Å². The second-order valence-electron chi connectivity index (χ2n) is 5.19. The average Bonchev–Trinajstić information content (AvgIpc) is 3.07. The van der Waals surface area contributed by atoms with Crippen LogP contribution in [-0.2, 0) is 33.5 Å². The average molecular weight is 305 g/mol. The van der Waals surface area contributed by atoms with E-state index in [1.807, 2.05) is 18.8 Å². The molecule has 0 fully saturated rings. The molecule has 0 aromatic carbocycles. The molecule has 0 radical (unpaired) electrons. The summed E-state index contributed by atoms with van der Waals surface area (Å²) in [5, 5.41) is 8.89. The molecule has 0 spiro atoms. The molecule has 0 saturated carbocycles. The van der Waals surface area contributed by atoms with E-state index in [1.54, 1.807) is 11.0 Å². The summed E-state index contributed by atoms with van der Waals surface area (Å²) in [6.07, 6.45) is 4.48. The molecule has 0 unspecified atom stereocenters. The fourth-order valence-electron chi connectivity index (χ4n) is 2.61. The predicted octanol–water partition coefficient (Wildman–Crippen LogP) is 1.76. The highest BCUT2D eigenvalue weighted by molar-refractivity contribution is 7.71. The van der Waals surface area contributed by atoms with Crippen molar-refractivity contribution in [3.63, 3.8) is 0 Å². The smallest absolute Gasteiger partial charge is 0.179 e. The van der Waals surface area contributed by atoms with Gasteiger partial charge in [0.15, 0.2) is 16.2 Å². The van der Waals surface area contributed by atoms with Gasteiger partial charge in [-0.1, -0.05) is 13.3 Å². The number of rotatable bonds is 5. The highest BCUT2D eigenvalue weighted by Gasteiger charge is 2.15. The summed E-state index contributed by atoms with van der Waals surface area (Å²) in [5.41, 5.74) is 3.17. The zero-order valence-electron chi connectivity index (χ0n) is 12.5. The number of nitrogens with one attached hydrogen (secondary N) is 1. The Morgan fingerprint density at radius 1 is 1.24 bits per heavy atom. The topological polar surface area (TPSA) is 69.2 Å². The third kappa shape index (κ3) is 2.51. The molecule has 0 bridgehead atoms. The molecule has 3 rings (SSSR count). The molecule has 0 aliphatic heterocycles. The summed E-state index contributed by atoms with van der Waals surface area (Å²) in [7, 11) is 3.83. The normalized spacial score (nSPS) is 11.6. The lowest BCUT2D eigenvalue weighted by atomic mass is 10.2. The maximum Gasteiger partial charge on any atom is 0.179 e. The van der Waals surface area contributed by atoms with Crippen LogP contribution in [0.15, 0.2) is 6.33 Å². The number of hydrogen-bond donors (Lipinski definition) is 1. The molecular formula is C13H19N7S. The molecule has 0 saturated heterocycles. The van der Waals surface area contributed by atoms with Gasteiger partial charge in [0.25, 0.3) is 0 Å². The van der Waals surface area contributed by atoms with Crippen molar-refractivity contribution in [1.29, 1.82) is 0 Å². The lowest BCUT2D eigenvalue weighted by Crippen LogP contribution is -2.06. The van der Waals surface area contributed by atoms with E-state index < -0.39 is 0 Å². The molecule has 0 aliphatic rings. The Morgan fingerprint density at radius 2 is 2.05 bits per heavy atom. The molecule has 0 amide bonds. The predicted molar refractivity (Wildman–Crippen MR) is 82.6 cm³/mol. The molecule has 21 heavy (non-hydrogen) atoms. The van der Waals surface area contributed by atoms with Crippen molar-refractivity contribution < 1.29 is 0 Å². The Balaban J connectivity index is 1.94. The first kappa shape index (κ1) is 14.0. The summed E-state index contributed by atoms with van der Waals surface area (Å²) >= 11 is 5.45. The fraction of sp³-hybridized carbons (Fsp3) is 0.538. The van der Waals surface area contributed by atoms with Gasteiger partial charge >= 0.3 is 0 Å². The van der Waals surface area contributed by atoms with Crippen molar-refractivity contribution in [2.45, 2.75) is 32.7 Å². The Labute approximate surface area is 127 Å². The van der Waals surface area contributed by atoms with Crippen molar-refractivity contribution in [2.24, 2.45) is 14.1 Å². The minimum atomic E-state index is 0.728. The molecule has 0 atom stereocenters. The van der Waals surface area contributed by atoms with Crippen LogP contribution in [0.5, 0.6) is 0 Å². The molecule has 8 heteroatoms. The zero-order valence-corrected chi connectivity index (χ0v) is 13.3. The zero-order chi connectivity index (χ0) is 15.0. The molecule has 7 nitrogen and oxygen atoms in total. The summed E-state index contributed by atoms with van der Waals surface area (Å²) in [4.78, 5) is 7.55. The van der Waals surface area contributed by atoms with Crippen LogP contribution in [0, 0.1) is 4.77 Å². The Kier molecular flexibility index (Phi) is 3.62. The highest BCUT2D eigenvalue weighted by atomic mass is 32.1. The van der Waals surface area contributed by atoms with Gasteiger partial charge in [0.05, 0.1) is 5.69 Å². The number of aryl methyl sites for hydroxylation is 5. The van der Waals surface area contributed by atoms with Gasteiger partial charge in [0.1, 0.15) is 11.8 Å². The lowest BCUT2D eigenvalue weighted by Gasteiger charge is -2.02. The minimum absolute atomic E-state index is 0.728. The standard InChI is InChI=1S/C13H19N7S/c1-4-5-9-11-12(19(3)16-9)20(13(21)15-11)7-6-10-14-8-18(2)17-10/h8H,4-7H2,1-3H3,(H,15,21). The van der Waals surface area contributed by atoms with Gasteiger partial charge in [-0.3, -0.25) is 9.36 Å². The molecule has 3 aromatic rings. The Morgan fingerprint density at radius 3 is 2.71 bits per heavy atom. The SMILES string of the molecule is CCCc1nn(C)c2c1[nH]c(=S)n2CCc1ncn(C)n1. The van der Waals surface area contributed by atoms with E-state index in [-0.39, 0.29) is 0 Å². The van der Waals surface area contributed by atoms with E-state index in [2.05, 4.69) is 31.7 Å². The Hall–Kier alpha value is -1.96. The number of aromatic nitrogens is 7. The van der Waals surface area contributed by atoms with Crippen molar-refractivity contribution in [2.75, 3.05) is 0 Å². The van der Waals surface area contributed by atoms with E-state index in [9.17, 15) is 0 Å². The van der Waals surface area contributed by atoms with E-state index in [1.165, 1.54) is 0 Å². The summed E-state index contributed by atoms with van der Waals surface area (Å²) in [5.74, 6) is 0.824. The van der Waals surface area contributed by atoms with Crippen LogP contribution in [0.2, 0.25) is 0 Å². The van der Waals surface area contributed by atoms with Crippen molar-refractivity contribution in [1.82, 2.24) is 34.1 Å². The first-order chi connectivity index (χ1) is 10.1. The van der Waals surface area contributed by atoms with Gasteiger partial charge in [-0.25, -0.2) is 4.98 Å². The second-order valence-corrected chi connectivity index (χ2v) is 5.57. The molecule has 1 N–H and O–H groups in total. The first-order valence-electron chi connectivity index (χ1n) is 7.09. The molecule has 0 aliphatic carbocycles. The summed E-state index contributed by atoms with van der Waals surface area (Å²) in [6, 6.07) is 0. The number of hydrogen-bond acceptors (Lipinski definition) is 4. The maximum atomic E-state index is 5.45. The fourth-order valence-corrected chi connectivity index (χ4v) is 2.89. The molecule has 3 heterocycles. The van der Waals surface area contributed by atoms with E-state index >= 15 is 0 Å². The van der Waals surface area contributed by atoms with Crippen molar-refractivity contribution in [3.8, 4) is 0 Å². The van der Waals surface area contributed by atoms with Crippen LogP contribution in [-0.4, -0.2) is 34.1 Å². The third-order valence-electron chi connectivity index (χ3n) is 3.52. The third-order valence-corrected chi connectivity index (χ3v) is 3.84. The molecule has 112 valence electrons. The van der Waals surface area contributed by atoms with E-state index in [0.717, 1.165) is 53.3 Å². The summed E-state index contributed by atoms with van der Waals surface area (Å²) in [6.45, 7) is 2.90. The van der Waals surface area contributed by atoms with Gasteiger partial charge < -0.3 is 9.55 Å². The van der Waals surface area contributed by atoms with Gasteiger partial charge in [-0.05, 0) is 18.6 Å². The van der Waals surface area contributed by atoms with E-state index in [0.29, 0.717) is 0 Å². The van der Waals surface area contributed by atoms with E-state index in [4.69, 9.17) is 12.2 Å². The molecule has 3 aromatic heterocycles. The monoisotopic (exact) mass is 305 g/mol. The quantitative estimate of drug-likeness (QED) is 0.729. The van der Waals surface area contributed by atoms with Gasteiger partial charge in [-0.15, -0.1) is 0 Å². The number of imidazole rings is 1. The Bertz CT molecular complexity index is 819. The molecular weight excluding hydrogens is 286 g/mol. The number of H-pyrrole nitrogens is 1. The lowest BCUT2D eigenvalue weighted by molar-refractivity contribution is 0.639. The van der Waals surface area contributed by atoms with Gasteiger partial charge in [-0.2, -0.15) is 10.2 Å². The second kappa shape index (κ2) is 5.44. The van der Waals surface area contributed by atoms with Crippen LogP contribution in [0.25, 0.3) is 11.2 Å². The van der Waals surface area contributed by atoms with Crippen LogP contribution >= 0.6 is 12.2 Å². The maximum absolute atomic E-state index is 5.45. The largest absolute Gasteiger partial charge is 0.328 e. The van der Waals surface area contributed by atoms with Gasteiger partial charge in [0, 0.05) is 27.1 Å². The highest BCUT2D eigenvalue weighted by Crippen LogP contribution is 2.19.